The van der Waals surface area contributed by atoms with E-state index in [1.54, 1.807) is 7.11 Å². The van der Waals surface area contributed by atoms with Crippen molar-refractivity contribution in [1.82, 2.24) is 0 Å². The van der Waals surface area contributed by atoms with Crippen LogP contribution < -0.4 is 4.74 Å². The van der Waals surface area contributed by atoms with Crippen LogP contribution in [-0.2, 0) is 14.2 Å². The van der Waals surface area contributed by atoms with Gasteiger partial charge in [0.1, 0.15) is 24.1 Å². The van der Waals surface area contributed by atoms with Crippen LogP contribution in [0.1, 0.15) is 6.42 Å². The molecular weight excluding hydrogens is 220 g/mol. The topological polar surface area (TPSA) is 36.9 Å². The number of fused-ring (bicyclic) bond motifs is 2. The first-order valence-electron chi connectivity index (χ1n) is 5.88. The van der Waals surface area contributed by atoms with E-state index in [2.05, 4.69) is 0 Å². The Morgan fingerprint density at radius 2 is 2.00 bits per heavy atom. The Hall–Kier alpha value is -1.10. The molecule has 92 valence electrons. The average molecular weight is 236 g/mol. The maximum Gasteiger partial charge on any atom is 0.184 e. The third-order valence-corrected chi connectivity index (χ3v) is 3.25. The van der Waals surface area contributed by atoms with Gasteiger partial charge in [0.2, 0.25) is 0 Å². The minimum Gasteiger partial charge on any atom is -0.488 e. The first-order valence-corrected chi connectivity index (χ1v) is 5.88. The molecule has 0 amide bonds. The summed E-state index contributed by atoms with van der Waals surface area (Å²) < 4.78 is 22.5. The van der Waals surface area contributed by atoms with Crippen molar-refractivity contribution in [3.8, 4) is 5.75 Å². The summed E-state index contributed by atoms with van der Waals surface area (Å²) in [6, 6.07) is 9.78. The second-order valence-corrected chi connectivity index (χ2v) is 4.36. The number of rotatable bonds is 3. The molecular formula is C13H16O4. The molecule has 17 heavy (non-hydrogen) atoms. The summed E-state index contributed by atoms with van der Waals surface area (Å²) in [5, 5.41) is 0. The van der Waals surface area contributed by atoms with Gasteiger partial charge in [0.05, 0.1) is 6.61 Å². The van der Waals surface area contributed by atoms with Crippen molar-refractivity contribution in [3.05, 3.63) is 30.3 Å². The molecule has 1 aromatic rings. The van der Waals surface area contributed by atoms with Crippen LogP contribution in [0.15, 0.2) is 30.3 Å². The van der Waals surface area contributed by atoms with Gasteiger partial charge in [-0.25, -0.2) is 0 Å². The Morgan fingerprint density at radius 3 is 2.76 bits per heavy atom. The predicted octanol–water partition coefficient (Wildman–Crippen LogP) is 1.59. The van der Waals surface area contributed by atoms with Crippen LogP contribution in [0.25, 0.3) is 0 Å². The number of methoxy groups -OCH3 is 1. The summed E-state index contributed by atoms with van der Waals surface area (Å²) in [5.41, 5.74) is 0. The lowest BCUT2D eigenvalue weighted by atomic mass is 10.0. The highest BCUT2D eigenvalue weighted by atomic mass is 16.7. The van der Waals surface area contributed by atoms with Crippen LogP contribution in [0.5, 0.6) is 5.75 Å². The summed E-state index contributed by atoms with van der Waals surface area (Å²) in [6.45, 7) is 0.585. The minimum atomic E-state index is -0.222. The molecule has 0 saturated carbocycles. The van der Waals surface area contributed by atoms with E-state index < -0.39 is 0 Å². The van der Waals surface area contributed by atoms with Crippen LogP contribution in [0.4, 0.5) is 0 Å². The summed E-state index contributed by atoms with van der Waals surface area (Å²) in [7, 11) is 1.68. The molecule has 0 spiro atoms. The van der Waals surface area contributed by atoms with Crippen LogP contribution in [0.2, 0.25) is 0 Å². The maximum atomic E-state index is 5.93. The Morgan fingerprint density at radius 1 is 1.18 bits per heavy atom. The largest absolute Gasteiger partial charge is 0.488 e. The molecule has 0 aliphatic carbocycles. The van der Waals surface area contributed by atoms with Crippen LogP contribution in [-0.4, -0.2) is 38.3 Å². The first-order chi connectivity index (χ1) is 8.36. The van der Waals surface area contributed by atoms with Crippen LogP contribution >= 0.6 is 0 Å². The van der Waals surface area contributed by atoms with Crippen molar-refractivity contribution < 1.29 is 18.9 Å². The van der Waals surface area contributed by atoms with E-state index in [9.17, 15) is 0 Å². The fraction of sp³-hybridized carbons (Fsp3) is 0.538. The van der Waals surface area contributed by atoms with E-state index in [1.165, 1.54) is 0 Å². The standard InChI is InChI=1S/C13H16O4/c1-14-11-7-10(12-8-15-13(11)17-12)16-9-5-3-2-4-6-9/h2-6,10-13H,7-8H2,1H3/t10-,11+,12+,13?/m0/s1. The van der Waals surface area contributed by atoms with Crippen molar-refractivity contribution in [1.29, 1.82) is 0 Å². The van der Waals surface area contributed by atoms with Gasteiger partial charge in [-0.2, -0.15) is 0 Å². The summed E-state index contributed by atoms with van der Waals surface area (Å²) in [6.07, 6.45) is 0.566. The number of ether oxygens (including phenoxy) is 4. The second-order valence-electron chi connectivity index (χ2n) is 4.36. The zero-order valence-corrected chi connectivity index (χ0v) is 9.74. The van der Waals surface area contributed by atoms with E-state index >= 15 is 0 Å². The molecule has 0 N–H and O–H groups in total. The lowest BCUT2D eigenvalue weighted by Gasteiger charge is -2.32. The van der Waals surface area contributed by atoms with Gasteiger partial charge in [-0.15, -0.1) is 0 Å². The molecule has 2 fully saturated rings. The van der Waals surface area contributed by atoms with Gasteiger partial charge in [0.15, 0.2) is 6.29 Å². The van der Waals surface area contributed by atoms with Gasteiger partial charge in [-0.3, -0.25) is 0 Å². The average Bonchev–Trinajstić information content (AvgIpc) is 2.79. The molecule has 2 aliphatic heterocycles. The summed E-state index contributed by atoms with van der Waals surface area (Å²) >= 11 is 0. The third-order valence-electron chi connectivity index (χ3n) is 3.25. The molecule has 4 atom stereocenters. The van der Waals surface area contributed by atoms with Crippen molar-refractivity contribution >= 4 is 0 Å². The second kappa shape index (κ2) is 4.64. The number of hydrogen-bond donors (Lipinski definition) is 0. The molecule has 2 bridgehead atoms. The van der Waals surface area contributed by atoms with Gasteiger partial charge in [-0.05, 0) is 12.1 Å². The van der Waals surface area contributed by atoms with Gasteiger partial charge in [-0.1, -0.05) is 18.2 Å². The molecule has 2 saturated heterocycles. The van der Waals surface area contributed by atoms with E-state index in [1.807, 2.05) is 30.3 Å². The van der Waals surface area contributed by atoms with Crippen molar-refractivity contribution in [2.75, 3.05) is 13.7 Å². The van der Waals surface area contributed by atoms with Gasteiger partial charge in [0, 0.05) is 13.5 Å². The normalized spacial score (nSPS) is 35.8. The van der Waals surface area contributed by atoms with E-state index in [0.717, 1.165) is 12.2 Å². The third kappa shape index (κ3) is 2.16. The van der Waals surface area contributed by atoms with E-state index in [0.29, 0.717) is 6.61 Å². The molecule has 0 aromatic heterocycles. The molecule has 4 heteroatoms. The van der Waals surface area contributed by atoms with Gasteiger partial charge >= 0.3 is 0 Å². The number of hydrogen-bond acceptors (Lipinski definition) is 4. The highest BCUT2D eigenvalue weighted by Crippen LogP contribution is 2.31. The Bertz CT molecular complexity index is 367. The Kier molecular flexibility index (Phi) is 3.01. The zero-order valence-electron chi connectivity index (χ0n) is 9.74. The molecule has 2 aliphatic rings. The minimum absolute atomic E-state index is 0.00102. The maximum absolute atomic E-state index is 5.93. The lowest BCUT2D eigenvalue weighted by molar-refractivity contribution is -0.186. The molecule has 1 aromatic carbocycles. The Labute approximate surface area is 100 Å². The van der Waals surface area contributed by atoms with Gasteiger partial charge in [0.25, 0.3) is 0 Å². The molecule has 4 nitrogen and oxygen atoms in total. The fourth-order valence-corrected chi connectivity index (χ4v) is 2.33. The molecule has 0 radical (unpaired) electrons. The molecule has 1 unspecified atom stereocenters. The van der Waals surface area contributed by atoms with E-state index in [4.69, 9.17) is 18.9 Å². The zero-order chi connectivity index (χ0) is 11.7. The van der Waals surface area contributed by atoms with Crippen LogP contribution in [0.3, 0.4) is 0 Å². The smallest absolute Gasteiger partial charge is 0.184 e. The lowest BCUT2D eigenvalue weighted by Crippen LogP contribution is -2.45. The van der Waals surface area contributed by atoms with Crippen molar-refractivity contribution in [2.24, 2.45) is 0 Å². The number of para-hydroxylation sites is 1. The van der Waals surface area contributed by atoms with Gasteiger partial charge < -0.3 is 18.9 Å². The van der Waals surface area contributed by atoms with Crippen LogP contribution in [0, 0.1) is 0 Å². The molecule has 2 heterocycles. The first kappa shape index (κ1) is 11.0. The SMILES string of the molecule is CO[C@@H]1C[C@H](Oc2ccccc2)[C@H]2COC1O2. The molecule has 3 rings (SSSR count). The Balaban J connectivity index is 1.70. The predicted molar refractivity (Wildman–Crippen MR) is 60.9 cm³/mol. The highest BCUT2D eigenvalue weighted by Gasteiger charge is 2.45. The summed E-state index contributed by atoms with van der Waals surface area (Å²) in [5.74, 6) is 0.862. The summed E-state index contributed by atoms with van der Waals surface area (Å²) in [4.78, 5) is 0. The van der Waals surface area contributed by atoms with Crippen molar-refractivity contribution in [2.45, 2.75) is 31.0 Å². The highest BCUT2D eigenvalue weighted by molar-refractivity contribution is 5.21. The monoisotopic (exact) mass is 236 g/mol. The quantitative estimate of drug-likeness (QED) is 0.798. The van der Waals surface area contributed by atoms with Crippen molar-refractivity contribution in [3.63, 3.8) is 0 Å². The number of benzene rings is 1. The fourth-order valence-electron chi connectivity index (χ4n) is 2.33. The van der Waals surface area contributed by atoms with E-state index in [-0.39, 0.29) is 24.6 Å².